The predicted octanol–water partition coefficient (Wildman–Crippen LogP) is 3.34. The first-order valence-corrected chi connectivity index (χ1v) is 8.82. The zero-order chi connectivity index (χ0) is 18.0. The molecule has 2 aromatic heterocycles. The van der Waals surface area contributed by atoms with E-state index in [0.29, 0.717) is 38.7 Å². The predicted molar refractivity (Wildman–Crippen MR) is 99.8 cm³/mol. The van der Waals surface area contributed by atoms with Gasteiger partial charge in [-0.1, -0.05) is 19.1 Å². The van der Waals surface area contributed by atoms with Crippen molar-refractivity contribution in [1.29, 1.82) is 0 Å². The number of nitrogens with one attached hydrogen (secondary N) is 1. The topological polar surface area (TPSA) is 73.2 Å². The SMILES string of the molecule is CCCOc1ccccc1NC(=O)c1sc2ncn(C)c(=O)c2c1C. The van der Waals surface area contributed by atoms with Gasteiger partial charge in [-0.3, -0.25) is 9.59 Å². The maximum Gasteiger partial charge on any atom is 0.266 e. The lowest BCUT2D eigenvalue weighted by atomic mass is 10.2. The van der Waals surface area contributed by atoms with E-state index in [1.165, 1.54) is 22.2 Å². The molecule has 0 bridgehead atoms. The number of hydrogen-bond donors (Lipinski definition) is 1. The lowest BCUT2D eigenvalue weighted by Crippen LogP contribution is -2.17. The summed E-state index contributed by atoms with van der Waals surface area (Å²) in [6, 6.07) is 7.31. The van der Waals surface area contributed by atoms with Gasteiger partial charge >= 0.3 is 0 Å². The number of aromatic nitrogens is 2. The average Bonchev–Trinajstić information content (AvgIpc) is 2.95. The van der Waals surface area contributed by atoms with Crippen LogP contribution in [0.4, 0.5) is 5.69 Å². The van der Waals surface area contributed by atoms with Gasteiger partial charge in [0.15, 0.2) is 0 Å². The van der Waals surface area contributed by atoms with Gasteiger partial charge in [0.25, 0.3) is 11.5 Å². The normalized spacial score (nSPS) is 10.8. The maximum atomic E-state index is 12.7. The van der Waals surface area contributed by atoms with Crippen LogP contribution in [-0.2, 0) is 7.05 Å². The van der Waals surface area contributed by atoms with Crippen molar-refractivity contribution < 1.29 is 9.53 Å². The van der Waals surface area contributed by atoms with Gasteiger partial charge in [0.2, 0.25) is 0 Å². The highest BCUT2D eigenvalue weighted by Gasteiger charge is 2.20. The van der Waals surface area contributed by atoms with E-state index in [-0.39, 0.29) is 11.5 Å². The molecule has 0 atom stereocenters. The molecule has 0 fully saturated rings. The van der Waals surface area contributed by atoms with Crippen LogP contribution < -0.4 is 15.6 Å². The Morgan fingerprint density at radius 1 is 1.36 bits per heavy atom. The summed E-state index contributed by atoms with van der Waals surface area (Å²) in [6.07, 6.45) is 2.35. The second-order valence-corrected chi connectivity index (χ2v) is 6.69. The fraction of sp³-hybridized carbons (Fsp3) is 0.278. The van der Waals surface area contributed by atoms with Crippen LogP contribution in [0.1, 0.15) is 28.6 Å². The van der Waals surface area contributed by atoms with E-state index in [4.69, 9.17) is 4.74 Å². The largest absolute Gasteiger partial charge is 0.491 e. The van der Waals surface area contributed by atoms with Gasteiger partial charge in [-0.25, -0.2) is 4.98 Å². The standard InChI is InChI=1S/C18H19N3O3S/c1-4-9-24-13-8-6-5-7-12(13)20-16(22)15-11(2)14-17(25-15)19-10-21(3)18(14)23/h5-8,10H,4,9H2,1-3H3,(H,20,22). The fourth-order valence-electron chi connectivity index (χ4n) is 2.51. The molecular weight excluding hydrogens is 338 g/mol. The number of hydrogen-bond acceptors (Lipinski definition) is 5. The van der Waals surface area contributed by atoms with Crippen molar-refractivity contribution in [3.63, 3.8) is 0 Å². The van der Waals surface area contributed by atoms with E-state index in [1.807, 2.05) is 25.1 Å². The Morgan fingerprint density at radius 3 is 2.88 bits per heavy atom. The molecule has 1 N–H and O–H groups in total. The molecule has 1 amide bonds. The second kappa shape index (κ2) is 7.06. The zero-order valence-electron chi connectivity index (χ0n) is 14.3. The minimum atomic E-state index is -0.268. The molecule has 130 valence electrons. The van der Waals surface area contributed by atoms with Crippen molar-refractivity contribution in [2.75, 3.05) is 11.9 Å². The lowest BCUT2D eigenvalue weighted by molar-refractivity contribution is 0.102. The van der Waals surface area contributed by atoms with Crippen molar-refractivity contribution in [1.82, 2.24) is 9.55 Å². The quantitative estimate of drug-likeness (QED) is 0.760. The number of para-hydroxylation sites is 2. The van der Waals surface area contributed by atoms with E-state index in [0.717, 1.165) is 6.42 Å². The van der Waals surface area contributed by atoms with Crippen LogP contribution in [0.3, 0.4) is 0 Å². The van der Waals surface area contributed by atoms with Gasteiger partial charge in [0, 0.05) is 7.05 Å². The third-order valence-electron chi connectivity index (χ3n) is 3.81. The molecule has 2 heterocycles. The summed E-state index contributed by atoms with van der Waals surface area (Å²) >= 11 is 1.22. The molecule has 0 unspecified atom stereocenters. The molecule has 0 saturated carbocycles. The Kier molecular flexibility index (Phi) is 4.85. The van der Waals surface area contributed by atoms with Gasteiger partial charge in [-0.15, -0.1) is 11.3 Å². The van der Waals surface area contributed by atoms with Crippen molar-refractivity contribution in [3.05, 3.63) is 51.4 Å². The molecule has 0 aliphatic rings. The van der Waals surface area contributed by atoms with Crippen molar-refractivity contribution in [2.45, 2.75) is 20.3 Å². The molecule has 25 heavy (non-hydrogen) atoms. The molecule has 0 aliphatic carbocycles. The Morgan fingerprint density at radius 2 is 2.12 bits per heavy atom. The van der Waals surface area contributed by atoms with E-state index in [2.05, 4.69) is 10.3 Å². The van der Waals surface area contributed by atoms with Crippen molar-refractivity contribution >= 4 is 33.1 Å². The summed E-state index contributed by atoms with van der Waals surface area (Å²) in [5.74, 6) is 0.362. The summed E-state index contributed by atoms with van der Waals surface area (Å²) in [7, 11) is 1.65. The number of carbonyl (C=O) groups excluding carboxylic acids is 1. The number of rotatable bonds is 5. The number of thiophene rings is 1. The molecule has 7 heteroatoms. The minimum Gasteiger partial charge on any atom is -0.491 e. The number of carbonyl (C=O) groups is 1. The van der Waals surface area contributed by atoms with Gasteiger partial charge < -0.3 is 14.6 Å². The molecule has 6 nitrogen and oxygen atoms in total. The minimum absolute atomic E-state index is 0.149. The molecule has 3 aromatic rings. The smallest absolute Gasteiger partial charge is 0.266 e. The summed E-state index contributed by atoms with van der Waals surface area (Å²) in [5, 5.41) is 3.38. The fourth-order valence-corrected chi connectivity index (χ4v) is 3.55. The Bertz CT molecular complexity index is 991. The number of amides is 1. The molecule has 0 aliphatic heterocycles. The maximum absolute atomic E-state index is 12.7. The monoisotopic (exact) mass is 357 g/mol. The van der Waals surface area contributed by atoms with Gasteiger partial charge in [0.1, 0.15) is 10.6 Å². The van der Waals surface area contributed by atoms with E-state index < -0.39 is 0 Å². The van der Waals surface area contributed by atoms with Crippen LogP contribution in [0.5, 0.6) is 5.75 Å². The number of nitrogens with zero attached hydrogens (tertiary/aromatic N) is 2. The first kappa shape index (κ1) is 17.2. The lowest BCUT2D eigenvalue weighted by Gasteiger charge is -2.11. The molecule has 0 saturated heterocycles. The third kappa shape index (κ3) is 3.28. The van der Waals surface area contributed by atoms with Crippen molar-refractivity contribution in [3.8, 4) is 5.75 Å². The highest BCUT2D eigenvalue weighted by atomic mass is 32.1. The Balaban J connectivity index is 1.95. The van der Waals surface area contributed by atoms with Crippen LogP contribution >= 0.6 is 11.3 Å². The highest BCUT2D eigenvalue weighted by Crippen LogP contribution is 2.29. The van der Waals surface area contributed by atoms with E-state index >= 15 is 0 Å². The Hall–Kier alpha value is -2.67. The number of ether oxygens (including phenoxy) is 1. The second-order valence-electron chi connectivity index (χ2n) is 5.70. The summed E-state index contributed by atoms with van der Waals surface area (Å²) in [6.45, 7) is 4.38. The first-order chi connectivity index (χ1) is 12.0. The number of aryl methyl sites for hydroxylation is 2. The summed E-state index contributed by atoms with van der Waals surface area (Å²) < 4.78 is 7.08. The molecule has 3 rings (SSSR count). The summed E-state index contributed by atoms with van der Waals surface area (Å²) in [5.41, 5.74) is 1.11. The van der Waals surface area contributed by atoms with Crippen LogP contribution in [0.2, 0.25) is 0 Å². The Labute approximate surface area is 149 Å². The van der Waals surface area contributed by atoms with Crippen molar-refractivity contribution in [2.24, 2.45) is 7.05 Å². The average molecular weight is 357 g/mol. The molecule has 0 radical (unpaired) electrons. The number of benzene rings is 1. The zero-order valence-corrected chi connectivity index (χ0v) is 15.1. The highest BCUT2D eigenvalue weighted by molar-refractivity contribution is 7.20. The molecule has 0 spiro atoms. The number of anilines is 1. The van der Waals surface area contributed by atoms with Crippen LogP contribution in [-0.4, -0.2) is 22.1 Å². The van der Waals surface area contributed by atoms with Gasteiger partial charge in [-0.2, -0.15) is 0 Å². The van der Waals surface area contributed by atoms with E-state index in [9.17, 15) is 9.59 Å². The number of fused-ring (bicyclic) bond motifs is 1. The first-order valence-electron chi connectivity index (χ1n) is 8.00. The third-order valence-corrected chi connectivity index (χ3v) is 5.01. The van der Waals surface area contributed by atoms with E-state index in [1.54, 1.807) is 20.0 Å². The van der Waals surface area contributed by atoms with Crippen LogP contribution in [0.25, 0.3) is 10.2 Å². The van der Waals surface area contributed by atoms with Crippen LogP contribution in [0, 0.1) is 6.92 Å². The van der Waals surface area contributed by atoms with Crippen LogP contribution in [0.15, 0.2) is 35.4 Å². The van der Waals surface area contributed by atoms with Gasteiger partial charge in [-0.05, 0) is 31.0 Å². The molecular formula is C18H19N3O3S. The molecule has 1 aromatic carbocycles. The van der Waals surface area contributed by atoms with Gasteiger partial charge in [0.05, 0.1) is 28.9 Å². The summed E-state index contributed by atoms with van der Waals surface area (Å²) in [4.78, 5) is 30.3.